The van der Waals surface area contributed by atoms with Crippen molar-refractivity contribution >= 4 is 6.04 Å². The molecule has 0 aromatic carbocycles. The van der Waals surface area contributed by atoms with Gasteiger partial charge in [-0.1, -0.05) is 0 Å². The van der Waals surface area contributed by atoms with Gasteiger partial charge in [0.2, 0.25) is 0 Å². The van der Waals surface area contributed by atoms with E-state index in [-0.39, 0.29) is 0 Å². The van der Waals surface area contributed by atoms with Gasteiger partial charge in [0.05, 0.1) is 0 Å². The van der Waals surface area contributed by atoms with E-state index in [1.54, 1.807) is 0 Å². The van der Waals surface area contributed by atoms with Gasteiger partial charge in [-0.3, -0.25) is 4.79 Å². The Morgan fingerprint density at radius 2 is 2.50 bits per heavy atom. The molecule has 0 spiro atoms. The van der Waals surface area contributed by atoms with Crippen molar-refractivity contribution in [1.29, 1.82) is 0 Å². The Hall–Kier alpha value is -0.440. The van der Waals surface area contributed by atoms with Crippen LogP contribution in [0.15, 0.2) is 0 Å². The standard InChI is InChI=1S/C5H7FO2/c6-5(7)4-2-1-3-8-4/h4H,1-3H2/t4-/m1/s1. The number of rotatable bonds is 1. The van der Waals surface area contributed by atoms with Gasteiger partial charge >= 0.3 is 6.04 Å². The number of hydrogen-bond acceptors (Lipinski definition) is 2. The zero-order chi connectivity index (χ0) is 5.98. The molecule has 8 heavy (non-hydrogen) atoms. The van der Waals surface area contributed by atoms with E-state index < -0.39 is 12.1 Å². The van der Waals surface area contributed by atoms with Gasteiger partial charge in [-0.25, -0.2) is 0 Å². The third kappa shape index (κ3) is 1.04. The van der Waals surface area contributed by atoms with Gasteiger partial charge in [0, 0.05) is 6.61 Å². The van der Waals surface area contributed by atoms with E-state index >= 15 is 0 Å². The van der Waals surface area contributed by atoms with Crippen LogP contribution in [-0.4, -0.2) is 18.7 Å². The highest BCUT2D eigenvalue weighted by atomic mass is 19.1. The summed E-state index contributed by atoms with van der Waals surface area (Å²) in [6, 6.07) is -1.33. The van der Waals surface area contributed by atoms with Crippen molar-refractivity contribution in [1.82, 2.24) is 0 Å². The Morgan fingerprint density at radius 1 is 1.75 bits per heavy atom. The van der Waals surface area contributed by atoms with Gasteiger partial charge in [-0.15, -0.1) is 0 Å². The Balaban J connectivity index is 2.35. The van der Waals surface area contributed by atoms with Gasteiger partial charge in [0.15, 0.2) is 0 Å². The maximum absolute atomic E-state index is 11.6. The molecule has 2 nitrogen and oxygen atoms in total. The molecule has 0 unspecified atom stereocenters. The molecule has 0 saturated carbocycles. The second-order valence-corrected chi connectivity index (χ2v) is 1.81. The maximum atomic E-state index is 11.6. The number of halogens is 1. The lowest BCUT2D eigenvalue weighted by Crippen LogP contribution is -2.13. The molecule has 0 radical (unpaired) electrons. The van der Waals surface area contributed by atoms with Gasteiger partial charge in [-0.05, 0) is 12.8 Å². The van der Waals surface area contributed by atoms with Gasteiger partial charge in [-0.2, -0.15) is 4.39 Å². The molecule has 1 aliphatic rings. The van der Waals surface area contributed by atoms with Crippen LogP contribution >= 0.6 is 0 Å². The molecule has 1 aliphatic heterocycles. The lowest BCUT2D eigenvalue weighted by atomic mass is 10.2. The second-order valence-electron chi connectivity index (χ2n) is 1.81. The summed E-state index contributed by atoms with van der Waals surface area (Å²) in [6.07, 6.45) is 0.616. The third-order valence-corrected chi connectivity index (χ3v) is 1.18. The summed E-state index contributed by atoms with van der Waals surface area (Å²) in [4.78, 5) is 9.85. The molecule has 0 aliphatic carbocycles. The van der Waals surface area contributed by atoms with E-state index in [0.717, 1.165) is 6.42 Å². The first-order valence-electron chi connectivity index (χ1n) is 2.61. The van der Waals surface area contributed by atoms with E-state index in [0.29, 0.717) is 13.0 Å². The highest BCUT2D eigenvalue weighted by Crippen LogP contribution is 2.12. The third-order valence-electron chi connectivity index (χ3n) is 1.18. The summed E-state index contributed by atoms with van der Waals surface area (Å²) in [5.74, 6) is 0. The average molecular weight is 118 g/mol. The minimum atomic E-state index is -1.33. The second kappa shape index (κ2) is 2.22. The number of carbonyl (C=O) groups excluding carboxylic acids is 1. The summed E-state index contributed by atoms with van der Waals surface area (Å²) < 4.78 is 16.3. The first-order chi connectivity index (χ1) is 3.80. The summed E-state index contributed by atoms with van der Waals surface area (Å²) >= 11 is 0. The Morgan fingerprint density at radius 3 is 2.75 bits per heavy atom. The molecule has 1 saturated heterocycles. The fourth-order valence-electron chi connectivity index (χ4n) is 0.757. The summed E-state index contributed by atoms with van der Waals surface area (Å²) in [6.45, 7) is 0.528. The Bertz CT molecular complexity index is 96.6. The van der Waals surface area contributed by atoms with Crippen LogP contribution in [0.2, 0.25) is 0 Å². The lowest BCUT2D eigenvalue weighted by Gasteiger charge is -1.97. The van der Waals surface area contributed by atoms with Gasteiger partial charge < -0.3 is 4.74 Å². The van der Waals surface area contributed by atoms with Crippen LogP contribution < -0.4 is 0 Å². The predicted octanol–water partition coefficient (Wildman–Crippen LogP) is 0.661. The van der Waals surface area contributed by atoms with Crippen molar-refractivity contribution < 1.29 is 13.9 Å². The largest absolute Gasteiger partial charge is 0.367 e. The summed E-state index contributed by atoms with van der Waals surface area (Å²) in [7, 11) is 0. The van der Waals surface area contributed by atoms with Crippen molar-refractivity contribution in [2.45, 2.75) is 18.9 Å². The highest BCUT2D eigenvalue weighted by Gasteiger charge is 2.22. The minimum absolute atomic E-state index is 0.528. The molecule has 1 atom stereocenters. The van der Waals surface area contributed by atoms with Crippen molar-refractivity contribution in [3.8, 4) is 0 Å². The first-order valence-corrected chi connectivity index (χ1v) is 2.61. The molecular weight excluding hydrogens is 111 g/mol. The average Bonchev–Trinajstić information content (AvgIpc) is 2.12. The molecule has 0 aromatic heterocycles. The van der Waals surface area contributed by atoms with E-state index in [4.69, 9.17) is 0 Å². The van der Waals surface area contributed by atoms with Crippen LogP contribution in [0.25, 0.3) is 0 Å². The number of hydrogen-bond donors (Lipinski definition) is 0. The maximum Gasteiger partial charge on any atom is 0.329 e. The van der Waals surface area contributed by atoms with Crippen LogP contribution in [0, 0.1) is 0 Å². The van der Waals surface area contributed by atoms with E-state index in [1.165, 1.54) is 0 Å². The quantitative estimate of drug-likeness (QED) is 0.473. The Kier molecular flexibility index (Phi) is 1.58. The molecule has 0 aromatic rings. The van der Waals surface area contributed by atoms with Crippen LogP contribution in [0.5, 0.6) is 0 Å². The topological polar surface area (TPSA) is 26.3 Å². The fraction of sp³-hybridized carbons (Fsp3) is 0.800. The molecule has 1 fully saturated rings. The normalized spacial score (nSPS) is 28.4. The highest BCUT2D eigenvalue weighted by molar-refractivity contribution is 5.73. The van der Waals surface area contributed by atoms with E-state index in [9.17, 15) is 9.18 Å². The van der Waals surface area contributed by atoms with Crippen molar-refractivity contribution in [2.75, 3.05) is 6.61 Å². The lowest BCUT2D eigenvalue weighted by molar-refractivity contribution is -0.138. The van der Waals surface area contributed by atoms with Gasteiger partial charge in [0.1, 0.15) is 6.10 Å². The summed E-state index contributed by atoms with van der Waals surface area (Å²) in [5, 5.41) is 0. The predicted molar refractivity (Wildman–Crippen MR) is 25.1 cm³/mol. The smallest absolute Gasteiger partial charge is 0.329 e. The fourth-order valence-corrected chi connectivity index (χ4v) is 0.757. The SMILES string of the molecule is O=C(F)[C@H]1CCCO1. The zero-order valence-electron chi connectivity index (χ0n) is 4.39. The van der Waals surface area contributed by atoms with E-state index in [1.807, 2.05) is 0 Å². The van der Waals surface area contributed by atoms with Crippen molar-refractivity contribution in [3.05, 3.63) is 0 Å². The van der Waals surface area contributed by atoms with Crippen LogP contribution in [0.3, 0.4) is 0 Å². The van der Waals surface area contributed by atoms with Crippen LogP contribution in [0.1, 0.15) is 12.8 Å². The molecule has 0 bridgehead atoms. The molecule has 0 N–H and O–H groups in total. The Labute approximate surface area is 46.6 Å². The molecule has 46 valence electrons. The molecule has 3 heteroatoms. The first kappa shape index (κ1) is 5.69. The molecule has 1 rings (SSSR count). The molecule has 1 heterocycles. The van der Waals surface area contributed by atoms with Gasteiger partial charge in [0.25, 0.3) is 0 Å². The summed E-state index contributed by atoms with van der Waals surface area (Å²) in [5.41, 5.74) is 0. The van der Waals surface area contributed by atoms with Crippen molar-refractivity contribution in [2.24, 2.45) is 0 Å². The molecular formula is C5H7FO2. The molecule has 0 amide bonds. The minimum Gasteiger partial charge on any atom is -0.367 e. The van der Waals surface area contributed by atoms with Crippen LogP contribution in [-0.2, 0) is 9.53 Å². The van der Waals surface area contributed by atoms with Crippen molar-refractivity contribution in [3.63, 3.8) is 0 Å². The van der Waals surface area contributed by atoms with E-state index in [2.05, 4.69) is 4.74 Å². The number of carbonyl (C=O) groups is 1. The van der Waals surface area contributed by atoms with Crippen LogP contribution in [0.4, 0.5) is 4.39 Å². The zero-order valence-corrected chi connectivity index (χ0v) is 4.39. The monoisotopic (exact) mass is 118 g/mol. The number of ether oxygens (including phenoxy) is 1.